The lowest BCUT2D eigenvalue weighted by atomic mass is 10.0. The molecule has 2 rings (SSSR count). The second-order valence-corrected chi connectivity index (χ2v) is 7.41. The van der Waals surface area contributed by atoms with Gasteiger partial charge in [-0.05, 0) is 37.5 Å². The number of nitrogens with zero attached hydrogens (tertiary/aromatic N) is 2. The maximum absolute atomic E-state index is 11.5. The highest BCUT2D eigenvalue weighted by Gasteiger charge is 2.32. The van der Waals surface area contributed by atoms with E-state index in [4.69, 9.17) is 4.98 Å². The van der Waals surface area contributed by atoms with E-state index in [0.29, 0.717) is 16.8 Å². The van der Waals surface area contributed by atoms with Crippen molar-refractivity contribution in [3.63, 3.8) is 0 Å². The molecular formula is C16H26N2O2S. The van der Waals surface area contributed by atoms with Gasteiger partial charge in [-0.3, -0.25) is 0 Å². The molecule has 5 heteroatoms. The summed E-state index contributed by atoms with van der Waals surface area (Å²) in [4.78, 5) is 18.9. The van der Waals surface area contributed by atoms with Crippen LogP contribution in [0.2, 0.25) is 0 Å². The summed E-state index contributed by atoms with van der Waals surface area (Å²) < 4.78 is 0. The van der Waals surface area contributed by atoms with E-state index in [1.165, 1.54) is 24.2 Å². The molecule has 0 aliphatic heterocycles. The summed E-state index contributed by atoms with van der Waals surface area (Å²) in [5, 5.41) is 10.3. The monoisotopic (exact) mass is 310 g/mol. The number of carbonyl (C=O) groups is 1. The normalized spacial score (nSPS) is 16.2. The Balaban J connectivity index is 2.26. The number of thiazole rings is 1. The molecule has 0 spiro atoms. The van der Waals surface area contributed by atoms with E-state index >= 15 is 0 Å². The number of aromatic nitrogens is 1. The van der Waals surface area contributed by atoms with Gasteiger partial charge in [-0.25, -0.2) is 9.78 Å². The lowest BCUT2D eigenvalue weighted by Crippen LogP contribution is -2.27. The number of anilines is 1. The van der Waals surface area contributed by atoms with Crippen LogP contribution in [0.15, 0.2) is 0 Å². The van der Waals surface area contributed by atoms with Crippen molar-refractivity contribution in [3.8, 4) is 0 Å². The average Bonchev–Trinajstić information content (AvgIpc) is 3.15. The van der Waals surface area contributed by atoms with E-state index in [-0.39, 0.29) is 5.92 Å². The smallest absolute Gasteiger partial charge is 0.347 e. The van der Waals surface area contributed by atoms with Crippen molar-refractivity contribution >= 4 is 22.4 Å². The lowest BCUT2D eigenvalue weighted by molar-refractivity contribution is 0.0700. The minimum absolute atomic E-state index is 0.201. The van der Waals surface area contributed by atoms with Gasteiger partial charge >= 0.3 is 5.97 Å². The molecule has 0 saturated heterocycles. The molecule has 21 heavy (non-hydrogen) atoms. The molecule has 0 radical (unpaired) electrons. The van der Waals surface area contributed by atoms with E-state index in [9.17, 15) is 9.90 Å². The van der Waals surface area contributed by atoms with E-state index in [0.717, 1.165) is 30.2 Å². The van der Waals surface area contributed by atoms with Crippen LogP contribution in [-0.2, 0) is 0 Å². The molecule has 1 unspecified atom stereocenters. The number of hydrogen-bond donors (Lipinski definition) is 1. The second-order valence-electron chi connectivity index (χ2n) is 6.43. The molecule has 0 aromatic carbocycles. The lowest BCUT2D eigenvalue weighted by Gasteiger charge is -2.22. The van der Waals surface area contributed by atoms with Crippen molar-refractivity contribution in [2.75, 3.05) is 11.4 Å². The van der Waals surface area contributed by atoms with Crippen molar-refractivity contribution < 1.29 is 9.90 Å². The first-order chi connectivity index (χ1) is 9.93. The molecule has 1 atom stereocenters. The molecule has 1 aromatic rings. The van der Waals surface area contributed by atoms with Gasteiger partial charge in [0.05, 0.1) is 5.69 Å². The summed E-state index contributed by atoms with van der Waals surface area (Å²) in [7, 11) is 0. The molecule has 1 saturated carbocycles. The van der Waals surface area contributed by atoms with Crippen LogP contribution in [0, 0.1) is 5.92 Å². The Morgan fingerprint density at radius 3 is 2.57 bits per heavy atom. The quantitative estimate of drug-likeness (QED) is 0.774. The van der Waals surface area contributed by atoms with Gasteiger partial charge in [-0.15, -0.1) is 0 Å². The van der Waals surface area contributed by atoms with Crippen LogP contribution in [0.3, 0.4) is 0 Å². The third-order valence-electron chi connectivity index (χ3n) is 4.10. The maximum Gasteiger partial charge on any atom is 0.347 e. The average molecular weight is 310 g/mol. The largest absolute Gasteiger partial charge is 0.477 e. The number of carboxylic acid groups (broad SMARTS) is 1. The van der Waals surface area contributed by atoms with E-state index in [1.54, 1.807) is 0 Å². The zero-order valence-corrected chi connectivity index (χ0v) is 14.2. The van der Waals surface area contributed by atoms with Gasteiger partial charge in [-0.1, -0.05) is 39.0 Å². The Morgan fingerprint density at radius 1 is 1.43 bits per heavy atom. The fourth-order valence-electron chi connectivity index (χ4n) is 2.34. The molecule has 1 aliphatic carbocycles. The molecule has 1 heterocycles. The van der Waals surface area contributed by atoms with Gasteiger partial charge in [0, 0.05) is 12.6 Å². The standard InChI is InChI=1S/C16H26N2O2S/c1-5-11(4)13-14(15(19)20)21-16(17-13)18(12-6-7-12)9-8-10(2)3/h10-12H,5-9H2,1-4H3,(H,19,20). The third kappa shape index (κ3) is 3.96. The summed E-state index contributed by atoms with van der Waals surface area (Å²) >= 11 is 1.35. The van der Waals surface area contributed by atoms with Crippen molar-refractivity contribution in [1.29, 1.82) is 0 Å². The van der Waals surface area contributed by atoms with Crippen LogP contribution >= 0.6 is 11.3 Å². The fourth-order valence-corrected chi connectivity index (χ4v) is 3.46. The summed E-state index contributed by atoms with van der Waals surface area (Å²) in [6.45, 7) is 9.56. The summed E-state index contributed by atoms with van der Waals surface area (Å²) in [5.41, 5.74) is 0.764. The topological polar surface area (TPSA) is 53.4 Å². The highest BCUT2D eigenvalue weighted by Crippen LogP contribution is 2.38. The summed E-state index contributed by atoms with van der Waals surface area (Å²) in [6, 6.07) is 0.571. The van der Waals surface area contributed by atoms with E-state index in [1.807, 2.05) is 0 Å². The number of hydrogen-bond acceptors (Lipinski definition) is 4. The van der Waals surface area contributed by atoms with Gasteiger partial charge in [-0.2, -0.15) is 0 Å². The maximum atomic E-state index is 11.5. The predicted molar refractivity (Wildman–Crippen MR) is 87.6 cm³/mol. The first-order valence-corrected chi connectivity index (χ1v) is 8.76. The summed E-state index contributed by atoms with van der Waals surface area (Å²) in [6.07, 6.45) is 4.45. The highest BCUT2D eigenvalue weighted by atomic mass is 32.1. The molecule has 0 bridgehead atoms. The third-order valence-corrected chi connectivity index (χ3v) is 5.19. The number of aromatic carboxylic acids is 1. The zero-order chi connectivity index (χ0) is 15.6. The Bertz CT molecular complexity index is 494. The molecule has 1 aromatic heterocycles. The Hall–Kier alpha value is -1.10. The van der Waals surface area contributed by atoms with E-state index in [2.05, 4.69) is 32.6 Å². The SMILES string of the molecule is CCC(C)c1nc(N(CCC(C)C)C2CC2)sc1C(=O)O. The van der Waals surface area contributed by atoms with Gasteiger partial charge in [0.2, 0.25) is 0 Å². The van der Waals surface area contributed by atoms with Gasteiger partial charge in [0.15, 0.2) is 5.13 Å². The van der Waals surface area contributed by atoms with Crippen LogP contribution in [-0.4, -0.2) is 28.6 Å². The van der Waals surface area contributed by atoms with Gasteiger partial charge in [0.1, 0.15) is 4.88 Å². The molecule has 1 fully saturated rings. The number of rotatable bonds is 8. The molecule has 4 nitrogen and oxygen atoms in total. The van der Waals surface area contributed by atoms with Crippen LogP contribution < -0.4 is 4.90 Å². The van der Waals surface area contributed by atoms with Crippen LogP contribution in [0.1, 0.15) is 74.7 Å². The Kier molecular flexibility index (Phi) is 5.25. The number of carboxylic acids is 1. The Morgan fingerprint density at radius 2 is 2.10 bits per heavy atom. The Labute approximate surface area is 131 Å². The van der Waals surface area contributed by atoms with Crippen LogP contribution in [0.25, 0.3) is 0 Å². The van der Waals surface area contributed by atoms with E-state index < -0.39 is 5.97 Å². The molecule has 118 valence electrons. The predicted octanol–water partition coefficient (Wildman–Crippen LogP) is 4.37. The minimum atomic E-state index is -0.839. The first-order valence-electron chi connectivity index (χ1n) is 7.94. The fraction of sp³-hybridized carbons (Fsp3) is 0.750. The van der Waals surface area contributed by atoms with Crippen molar-refractivity contribution in [1.82, 2.24) is 4.98 Å². The molecular weight excluding hydrogens is 284 g/mol. The zero-order valence-electron chi connectivity index (χ0n) is 13.4. The molecule has 0 amide bonds. The van der Waals surface area contributed by atoms with Crippen molar-refractivity contribution in [2.24, 2.45) is 5.92 Å². The summed E-state index contributed by atoms with van der Waals surface area (Å²) in [5.74, 6) is 0.0140. The van der Waals surface area contributed by atoms with Crippen LogP contribution in [0.5, 0.6) is 0 Å². The first kappa shape index (κ1) is 16.3. The van der Waals surface area contributed by atoms with Gasteiger partial charge in [0.25, 0.3) is 0 Å². The molecule has 1 N–H and O–H groups in total. The second kappa shape index (κ2) is 6.77. The van der Waals surface area contributed by atoms with Gasteiger partial charge < -0.3 is 10.0 Å². The van der Waals surface area contributed by atoms with Crippen LogP contribution in [0.4, 0.5) is 5.13 Å². The molecule has 1 aliphatic rings. The van der Waals surface area contributed by atoms with Crippen molar-refractivity contribution in [3.05, 3.63) is 10.6 Å². The minimum Gasteiger partial charge on any atom is -0.477 e. The van der Waals surface area contributed by atoms with Crippen molar-refractivity contribution in [2.45, 2.75) is 65.3 Å². The highest BCUT2D eigenvalue weighted by molar-refractivity contribution is 7.17.